The first-order chi connectivity index (χ1) is 12.4. The van der Waals surface area contributed by atoms with Gasteiger partial charge in [-0.25, -0.2) is 0 Å². The highest BCUT2D eigenvalue weighted by Crippen LogP contribution is 2.35. The highest BCUT2D eigenvalue weighted by Gasteiger charge is 2.22. The first-order valence-corrected chi connectivity index (χ1v) is 11.1. The van der Waals surface area contributed by atoms with Crippen molar-refractivity contribution in [3.8, 4) is 0 Å². The number of nitrogens with one attached hydrogen (secondary N) is 1. The molecule has 2 aromatic rings. The molecule has 4 nitrogen and oxygen atoms in total. The number of anilines is 2. The Morgan fingerprint density at radius 1 is 1.19 bits per heavy atom. The van der Waals surface area contributed by atoms with E-state index in [4.69, 9.17) is 11.6 Å². The van der Waals surface area contributed by atoms with Crippen LogP contribution in [-0.4, -0.2) is 44.0 Å². The van der Waals surface area contributed by atoms with Gasteiger partial charge in [-0.05, 0) is 69.8 Å². The van der Waals surface area contributed by atoms with E-state index in [1.807, 2.05) is 30.3 Å². The van der Waals surface area contributed by atoms with E-state index in [1.165, 1.54) is 0 Å². The maximum Gasteiger partial charge on any atom is 0.256 e. The summed E-state index contributed by atoms with van der Waals surface area (Å²) in [4.78, 5) is 17.4. The first kappa shape index (κ1) is 20.4. The van der Waals surface area contributed by atoms with E-state index in [-0.39, 0.29) is 5.91 Å². The number of carbonyl (C=O) groups excluding carboxylic acids is 1. The molecule has 2 aromatic carbocycles. The van der Waals surface area contributed by atoms with E-state index in [2.05, 4.69) is 76.6 Å². The van der Waals surface area contributed by atoms with Crippen LogP contribution in [0.1, 0.15) is 10.4 Å². The molecule has 1 heterocycles. The van der Waals surface area contributed by atoms with Crippen molar-refractivity contribution in [1.82, 2.24) is 4.90 Å². The number of amides is 1. The van der Waals surface area contributed by atoms with Crippen LogP contribution in [0.2, 0.25) is 5.02 Å². The monoisotopic (exact) mass is 611 g/mol. The van der Waals surface area contributed by atoms with Gasteiger partial charge in [0.05, 0.1) is 22.0 Å². The number of benzene rings is 2. The summed E-state index contributed by atoms with van der Waals surface area (Å²) in [5, 5.41) is 3.70. The summed E-state index contributed by atoms with van der Waals surface area (Å²) in [6.07, 6.45) is 0. The molecule has 0 atom stereocenters. The van der Waals surface area contributed by atoms with Gasteiger partial charge >= 0.3 is 0 Å². The zero-order valence-corrected chi connectivity index (χ0v) is 20.1. The quantitative estimate of drug-likeness (QED) is 0.369. The summed E-state index contributed by atoms with van der Waals surface area (Å²) < 4.78 is 2.59. The molecule has 1 aliphatic heterocycles. The van der Waals surface area contributed by atoms with Gasteiger partial charge in [-0.15, -0.1) is 0 Å². The molecule has 0 radical (unpaired) electrons. The molecule has 1 saturated heterocycles. The number of likely N-dealkylation sites (N-methyl/N-ethyl adjacent to an activating group) is 1. The summed E-state index contributed by atoms with van der Waals surface area (Å²) in [5.41, 5.74) is 2.23. The van der Waals surface area contributed by atoms with Crippen LogP contribution in [0.5, 0.6) is 0 Å². The van der Waals surface area contributed by atoms with Crippen LogP contribution < -0.4 is 10.2 Å². The van der Waals surface area contributed by atoms with Crippen LogP contribution in [0.15, 0.2) is 39.3 Å². The van der Waals surface area contributed by atoms with Crippen molar-refractivity contribution in [2.75, 3.05) is 43.4 Å². The van der Waals surface area contributed by atoms with Crippen molar-refractivity contribution >= 4 is 83.3 Å². The van der Waals surface area contributed by atoms with Gasteiger partial charge in [-0.3, -0.25) is 4.79 Å². The fourth-order valence-electron chi connectivity index (χ4n) is 2.88. The second-order valence-electron chi connectivity index (χ2n) is 6.13. The normalized spacial score (nSPS) is 15.2. The summed E-state index contributed by atoms with van der Waals surface area (Å²) in [7, 11) is 2.11. The fraction of sp³-hybridized carbons (Fsp3) is 0.278. The van der Waals surface area contributed by atoms with Gasteiger partial charge < -0.3 is 15.1 Å². The third-order valence-corrected chi connectivity index (χ3v) is 7.58. The molecule has 1 N–H and O–H groups in total. The highest BCUT2D eigenvalue weighted by atomic mass is 127. The first-order valence-electron chi connectivity index (χ1n) is 8.04. The Bertz CT molecular complexity index is 841. The second kappa shape index (κ2) is 8.77. The molecular weight excluding hydrogens is 596 g/mol. The Labute approximate surface area is 188 Å². The molecule has 26 heavy (non-hydrogen) atoms. The van der Waals surface area contributed by atoms with Crippen LogP contribution in [0.4, 0.5) is 11.4 Å². The van der Waals surface area contributed by atoms with Crippen molar-refractivity contribution in [2.24, 2.45) is 0 Å². The minimum atomic E-state index is -0.158. The number of nitrogens with zero attached hydrogens (tertiary/aromatic N) is 2. The summed E-state index contributed by atoms with van der Waals surface area (Å²) in [5.74, 6) is -0.158. The molecule has 0 spiro atoms. The van der Waals surface area contributed by atoms with Gasteiger partial charge in [0.15, 0.2) is 0 Å². The average Bonchev–Trinajstić information content (AvgIpc) is 2.59. The minimum absolute atomic E-state index is 0.158. The van der Waals surface area contributed by atoms with Crippen LogP contribution >= 0.6 is 66.1 Å². The smallest absolute Gasteiger partial charge is 0.256 e. The van der Waals surface area contributed by atoms with Crippen molar-refractivity contribution in [1.29, 1.82) is 0 Å². The van der Waals surface area contributed by atoms with E-state index in [0.717, 1.165) is 50.1 Å². The molecule has 138 valence electrons. The standard InChI is InChI=1S/C18H17Br2ClIN3O/c1-24-5-7-25(8-6-24)17-14(21)3-2-4-15(17)23-18(26)12-9-11(19)10-13(20)16(12)22/h2-4,9-10H,5-8H2,1H3,(H,23,26). The van der Waals surface area contributed by atoms with Gasteiger partial charge in [0.2, 0.25) is 0 Å². The second-order valence-corrected chi connectivity index (χ2v) is 9.39. The number of carbonyl (C=O) groups is 1. The molecule has 8 heteroatoms. The van der Waals surface area contributed by atoms with Crippen molar-refractivity contribution in [3.05, 3.63) is 53.4 Å². The topological polar surface area (TPSA) is 35.6 Å². The lowest BCUT2D eigenvalue weighted by Gasteiger charge is -2.35. The highest BCUT2D eigenvalue weighted by molar-refractivity contribution is 14.1. The molecule has 0 bridgehead atoms. The van der Waals surface area contributed by atoms with Crippen LogP contribution in [-0.2, 0) is 0 Å². The van der Waals surface area contributed by atoms with E-state index in [1.54, 1.807) is 0 Å². The predicted molar refractivity (Wildman–Crippen MR) is 124 cm³/mol. The summed E-state index contributed by atoms with van der Waals surface area (Å²) in [6.45, 7) is 3.69. The lowest BCUT2D eigenvalue weighted by Crippen LogP contribution is -2.44. The number of halogens is 4. The zero-order chi connectivity index (χ0) is 18.8. The molecule has 0 saturated carbocycles. The number of hydrogen-bond acceptors (Lipinski definition) is 3. The number of rotatable bonds is 3. The molecular formula is C18H17Br2ClIN3O. The van der Waals surface area contributed by atoms with Crippen LogP contribution in [0, 0.1) is 3.57 Å². The van der Waals surface area contributed by atoms with Gasteiger partial charge in [-0.1, -0.05) is 33.6 Å². The van der Waals surface area contributed by atoms with Gasteiger partial charge in [0.25, 0.3) is 5.91 Å². The Morgan fingerprint density at radius 3 is 2.58 bits per heavy atom. The molecule has 1 aliphatic rings. The van der Waals surface area contributed by atoms with Crippen molar-refractivity contribution < 1.29 is 4.79 Å². The SMILES string of the molecule is CN1CCN(c2c(Cl)cccc2NC(=O)c2cc(Br)cc(Br)c2I)CC1. The van der Waals surface area contributed by atoms with Crippen molar-refractivity contribution in [3.63, 3.8) is 0 Å². The molecule has 0 aliphatic carbocycles. The van der Waals surface area contributed by atoms with E-state index in [0.29, 0.717) is 10.6 Å². The molecule has 1 amide bonds. The van der Waals surface area contributed by atoms with Gasteiger partial charge in [0.1, 0.15) is 0 Å². The largest absolute Gasteiger partial charge is 0.366 e. The lowest BCUT2D eigenvalue weighted by atomic mass is 10.1. The summed E-state index contributed by atoms with van der Waals surface area (Å²) >= 11 is 15.6. The maximum atomic E-state index is 12.9. The molecule has 1 fully saturated rings. The number of para-hydroxylation sites is 1. The Kier molecular flexibility index (Phi) is 6.88. The molecule has 0 unspecified atom stereocenters. The Morgan fingerprint density at radius 2 is 1.88 bits per heavy atom. The minimum Gasteiger partial charge on any atom is -0.366 e. The number of piperazine rings is 1. The Balaban J connectivity index is 1.91. The third kappa shape index (κ3) is 4.55. The zero-order valence-electron chi connectivity index (χ0n) is 14.0. The average molecular weight is 614 g/mol. The predicted octanol–water partition coefficient (Wildman–Crippen LogP) is 5.47. The van der Waals surface area contributed by atoms with Crippen LogP contribution in [0.3, 0.4) is 0 Å². The molecule has 3 rings (SSSR count). The maximum absolute atomic E-state index is 12.9. The van der Waals surface area contributed by atoms with Gasteiger partial charge in [-0.2, -0.15) is 0 Å². The van der Waals surface area contributed by atoms with E-state index < -0.39 is 0 Å². The molecule has 0 aromatic heterocycles. The Hall–Kier alpha value is -0.350. The van der Waals surface area contributed by atoms with Crippen LogP contribution in [0.25, 0.3) is 0 Å². The summed E-state index contributed by atoms with van der Waals surface area (Å²) in [6, 6.07) is 9.37. The van der Waals surface area contributed by atoms with E-state index in [9.17, 15) is 4.79 Å². The number of hydrogen-bond donors (Lipinski definition) is 1. The third-order valence-electron chi connectivity index (χ3n) is 4.29. The fourth-order valence-corrected chi connectivity index (χ4v) is 4.95. The van der Waals surface area contributed by atoms with Gasteiger partial charge in [0, 0.05) is 38.7 Å². The van der Waals surface area contributed by atoms with Crippen molar-refractivity contribution in [2.45, 2.75) is 0 Å². The van der Waals surface area contributed by atoms with E-state index >= 15 is 0 Å². The lowest BCUT2D eigenvalue weighted by molar-refractivity contribution is 0.102.